The molecule has 0 saturated heterocycles. The van der Waals surface area contributed by atoms with Gasteiger partial charge in [0.2, 0.25) is 5.91 Å². The van der Waals surface area contributed by atoms with Crippen molar-refractivity contribution in [1.29, 1.82) is 0 Å². The van der Waals surface area contributed by atoms with Gasteiger partial charge in [-0.15, -0.1) is 0 Å². The van der Waals surface area contributed by atoms with Gasteiger partial charge >= 0.3 is 5.97 Å². The van der Waals surface area contributed by atoms with Crippen LogP contribution in [-0.2, 0) is 14.3 Å². The molecule has 0 aromatic rings. The van der Waals surface area contributed by atoms with Crippen LogP contribution in [0.3, 0.4) is 0 Å². The molecule has 0 fully saturated rings. The Morgan fingerprint density at radius 1 is 0.468 bits per heavy atom. The molecular weight excluding hydrogens is 767 g/mol. The van der Waals surface area contributed by atoms with Crippen LogP contribution in [0.5, 0.6) is 0 Å². The quantitative estimate of drug-likeness (QED) is 0.0321. The van der Waals surface area contributed by atoms with E-state index in [1.165, 1.54) is 199 Å². The second-order valence-corrected chi connectivity index (χ2v) is 19.0. The number of amides is 1. The van der Waals surface area contributed by atoms with E-state index in [1.54, 1.807) is 0 Å². The molecule has 6 heteroatoms. The smallest absolute Gasteiger partial charge is 0.306 e. The lowest BCUT2D eigenvalue weighted by molar-refractivity contribution is -0.151. The lowest BCUT2D eigenvalue weighted by Gasteiger charge is -2.24. The van der Waals surface area contributed by atoms with Crippen molar-refractivity contribution in [3.05, 3.63) is 24.3 Å². The van der Waals surface area contributed by atoms with Gasteiger partial charge in [-0.1, -0.05) is 251 Å². The van der Waals surface area contributed by atoms with E-state index in [0.717, 1.165) is 51.4 Å². The minimum atomic E-state index is -0.783. The maximum atomic E-state index is 13.2. The van der Waals surface area contributed by atoms with Gasteiger partial charge in [0.15, 0.2) is 0 Å². The first kappa shape index (κ1) is 60.3. The van der Waals surface area contributed by atoms with Crippen molar-refractivity contribution >= 4 is 11.9 Å². The SMILES string of the molecule is CCCCC/C=C\C/C=C\CCCCCCCCCCCC(=O)OC(CCCCCCCCCCCCC)CC(=O)NC(CO)C(O)CCCCCCCCCCCCCCC. The highest BCUT2D eigenvalue weighted by atomic mass is 16.5. The van der Waals surface area contributed by atoms with Gasteiger partial charge < -0.3 is 20.3 Å². The van der Waals surface area contributed by atoms with Crippen LogP contribution in [0.2, 0.25) is 0 Å². The number of aliphatic hydroxyl groups excluding tert-OH is 2. The lowest BCUT2D eigenvalue weighted by atomic mass is 10.0. The first-order valence-electron chi connectivity index (χ1n) is 27.6. The number of esters is 1. The van der Waals surface area contributed by atoms with Crippen LogP contribution in [-0.4, -0.2) is 46.9 Å². The molecule has 3 N–H and O–H groups in total. The third-order valence-corrected chi connectivity index (χ3v) is 12.8. The van der Waals surface area contributed by atoms with Crippen molar-refractivity contribution in [3.63, 3.8) is 0 Å². The van der Waals surface area contributed by atoms with Gasteiger partial charge in [0.25, 0.3) is 0 Å². The minimum absolute atomic E-state index is 0.0816. The molecule has 0 bridgehead atoms. The van der Waals surface area contributed by atoms with Gasteiger partial charge in [-0.05, 0) is 57.8 Å². The van der Waals surface area contributed by atoms with E-state index in [9.17, 15) is 19.8 Å². The van der Waals surface area contributed by atoms with E-state index in [0.29, 0.717) is 19.3 Å². The Morgan fingerprint density at radius 2 is 0.823 bits per heavy atom. The number of nitrogens with one attached hydrogen (secondary N) is 1. The number of carbonyl (C=O) groups excluding carboxylic acids is 2. The van der Waals surface area contributed by atoms with Crippen LogP contribution < -0.4 is 5.32 Å². The van der Waals surface area contributed by atoms with E-state index < -0.39 is 18.2 Å². The number of carbonyl (C=O) groups is 2. The predicted molar refractivity (Wildman–Crippen MR) is 269 cm³/mol. The summed E-state index contributed by atoms with van der Waals surface area (Å²) >= 11 is 0. The third-order valence-electron chi connectivity index (χ3n) is 12.8. The molecule has 0 heterocycles. The van der Waals surface area contributed by atoms with Crippen LogP contribution in [0.1, 0.15) is 297 Å². The number of ether oxygens (including phenoxy) is 1. The maximum Gasteiger partial charge on any atom is 0.306 e. The van der Waals surface area contributed by atoms with Crippen LogP contribution in [0.15, 0.2) is 24.3 Å². The highest BCUT2D eigenvalue weighted by Gasteiger charge is 2.24. The van der Waals surface area contributed by atoms with Gasteiger partial charge in [0.05, 0.1) is 25.2 Å². The Bertz CT molecular complexity index is 981. The summed E-state index contributed by atoms with van der Waals surface area (Å²) in [6.45, 7) is 6.48. The van der Waals surface area contributed by atoms with Crippen LogP contribution in [0, 0.1) is 0 Å². The number of hydrogen-bond donors (Lipinski definition) is 3. The molecular formula is C56H107NO5. The summed E-state index contributed by atoms with van der Waals surface area (Å²) in [6, 6.07) is -0.697. The normalized spacial score (nSPS) is 13.3. The standard InChI is InChI=1S/C56H107NO5/c1-4-7-10-13-16-19-22-24-25-26-27-28-29-31-34-37-40-43-46-49-56(61)62-52(47-44-41-38-35-32-21-18-15-12-9-6-3)50-55(60)57-53(51-58)54(59)48-45-42-39-36-33-30-23-20-17-14-11-8-5-2/h16,19,24-25,52-54,58-59H,4-15,17-18,20-23,26-51H2,1-3H3,(H,57,60)/b19-16-,25-24-. The Balaban J connectivity index is 4.45. The molecule has 0 aliphatic carbocycles. The topological polar surface area (TPSA) is 95.9 Å². The van der Waals surface area contributed by atoms with Gasteiger partial charge in [0.1, 0.15) is 6.10 Å². The molecule has 3 atom stereocenters. The zero-order valence-corrected chi connectivity index (χ0v) is 41.8. The summed E-state index contributed by atoms with van der Waals surface area (Å²) in [5, 5.41) is 23.8. The summed E-state index contributed by atoms with van der Waals surface area (Å²) in [5.74, 6) is -0.462. The number of allylic oxidation sites excluding steroid dienone is 4. The van der Waals surface area contributed by atoms with Crippen molar-refractivity contribution < 1.29 is 24.5 Å². The fraction of sp³-hybridized carbons (Fsp3) is 0.893. The first-order chi connectivity index (χ1) is 30.5. The van der Waals surface area contributed by atoms with Crippen molar-refractivity contribution in [2.24, 2.45) is 0 Å². The predicted octanol–water partition coefficient (Wildman–Crippen LogP) is 16.7. The molecule has 0 aliphatic heterocycles. The highest BCUT2D eigenvalue weighted by Crippen LogP contribution is 2.19. The summed E-state index contributed by atoms with van der Waals surface area (Å²) in [6.07, 6.45) is 58.1. The van der Waals surface area contributed by atoms with Crippen LogP contribution >= 0.6 is 0 Å². The van der Waals surface area contributed by atoms with Crippen LogP contribution in [0.4, 0.5) is 0 Å². The molecule has 6 nitrogen and oxygen atoms in total. The zero-order chi connectivity index (χ0) is 45.2. The number of hydrogen-bond acceptors (Lipinski definition) is 5. The van der Waals surface area contributed by atoms with E-state index in [2.05, 4.69) is 50.4 Å². The van der Waals surface area contributed by atoms with Crippen molar-refractivity contribution in [2.75, 3.05) is 6.61 Å². The molecule has 3 unspecified atom stereocenters. The largest absolute Gasteiger partial charge is 0.462 e. The number of unbranched alkanes of at least 4 members (excludes halogenated alkanes) is 34. The van der Waals surface area contributed by atoms with Gasteiger partial charge in [-0.3, -0.25) is 9.59 Å². The average molecular weight is 874 g/mol. The summed E-state index contributed by atoms with van der Waals surface area (Å²) < 4.78 is 5.95. The molecule has 0 radical (unpaired) electrons. The lowest BCUT2D eigenvalue weighted by Crippen LogP contribution is -2.46. The second kappa shape index (κ2) is 50.3. The number of aliphatic hydroxyl groups is 2. The zero-order valence-electron chi connectivity index (χ0n) is 41.8. The van der Waals surface area contributed by atoms with Crippen molar-refractivity contribution in [3.8, 4) is 0 Å². The van der Waals surface area contributed by atoms with Gasteiger partial charge in [-0.25, -0.2) is 0 Å². The third kappa shape index (κ3) is 44.9. The minimum Gasteiger partial charge on any atom is -0.462 e. The van der Waals surface area contributed by atoms with E-state index in [1.807, 2.05) is 0 Å². The summed E-state index contributed by atoms with van der Waals surface area (Å²) in [4.78, 5) is 26.2. The van der Waals surface area contributed by atoms with Crippen LogP contribution in [0.25, 0.3) is 0 Å². The van der Waals surface area contributed by atoms with Gasteiger partial charge in [-0.2, -0.15) is 0 Å². The Morgan fingerprint density at radius 3 is 1.26 bits per heavy atom. The fourth-order valence-electron chi connectivity index (χ4n) is 8.58. The monoisotopic (exact) mass is 874 g/mol. The van der Waals surface area contributed by atoms with E-state index >= 15 is 0 Å². The molecule has 0 saturated carbocycles. The Labute approximate surface area is 386 Å². The summed E-state index contributed by atoms with van der Waals surface area (Å²) in [7, 11) is 0. The molecule has 0 rings (SSSR count). The molecule has 1 amide bonds. The number of rotatable bonds is 50. The Kier molecular flexibility index (Phi) is 49.0. The molecule has 0 aromatic heterocycles. The van der Waals surface area contributed by atoms with E-state index in [-0.39, 0.29) is 24.9 Å². The average Bonchev–Trinajstić information content (AvgIpc) is 3.26. The van der Waals surface area contributed by atoms with Gasteiger partial charge in [0, 0.05) is 6.42 Å². The second-order valence-electron chi connectivity index (χ2n) is 19.0. The fourth-order valence-corrected chi connectivity index (χ4v) is 8.58. The molecule has 366 valence electrons. The molecule has 0 aromatic carbocycles. The van der Waals surface area contributed by atoms with Crippen molar-refractivity contribution in [1.82, 2.24) is 5.32 Å². The molecule has 0 spiro atoms. The highest BCUT2D eigenvalue weighted by molar-refractivity contribution is 5.77. The molecule has 0 aliphatic rings. The first-order valence-corrected chi connectivity index (χ1v) is 27.6. The van der Waals surface area contributed by atoms with E-state index in [4.69, 9.17) is 4.74 Å². The summed E-state index contributed by atoms with van der Waals surface area (Å²) in [5.41, 5.74) is 0. The molecule has 62 heavy (non-hydrogen) atoms. The van der Waals surface area contributed by atoms with Crippen molar-refractivity contribution in [2.45, 2.75) is 315 Å². The maximum absolute atomic E-state index is 13.2. The Hall–Kier alpha value is -1.66.